The molecule has 0 saturated heterocycles. The van der Waals surface area contributed by atoms with Crippen LogP contribution >= 0.6 is 0 Å². The molecule has 5 heteroatoms. The number of nitrogens with zero attached hydrogens (tertiary/aromatic N) is 1. The van der Waals surface area contributed by atoms with Gasteiger partial charge in [-0.15, -0.1) is 0 Å². The van der Waals surface area contributed by atoms with Crippen LogP contribution in [0, 0.1) is 5.95 Å². The number of nitrogens with one attached hydrogen (secondary N) is 1. The van der Waals surface area contributed by atoms with Crippen molar-refractivity contribution in [1.29, 1.82) is 0 Å². The molecule has 0 atom stereocenters. The monoisotopic (exact) mass is 252 g/mol. The molecule has 0 aromatic carbocycles. The van der Waals surface area contributed by atoms with Crippen LogP contribution in [0.4, 0.5) is 9.18 Å². The lowest BCUT2D eigenvalue weighted by atomic mass is 10.2. The van der Waals surface area contributed by atoms with Crippen LogP contribution in [0.2, 0.25) is 0 Å². The molecule has 1 amide bonds. The minimum absolute atomic E-state index is 0.267. The Labute approximate surface area is 106 Å². The van der Waals surface area contributed by atoms with E-state index in [0.29, 0.717) is 5.56 Å². The predicted octanol–water partition coefficient (Wildman–Crippen LogP) is 2.76. The number of rotatable bonds is 3. The van der Waals surface area contributed by atoms with Crippen LogP contribution < -0.4 is 5.32 Å². The van der Waals surface area contributed by atoms with Gasteiger partial charge in [-0.3, -0.25) is 0 Å². The highest BCUT2D eigenvalue weighted by molar-refractivity contribution is 5.68. The summed E-state index contributed by atoms with van der Waals surface area (Å²) in [5, 5.41) is 2.54. The number of pyridine rings is 1. The Bertz CT molecular complexity index is 439. The highest BCUT2D eigenvalue weighted by Gasteiger charge is 2.14. The Morgan fingerprint density at radius 1 is 1.56 bits per heavy atom. The summed E-state index contributed by atoms with van der Waals surface area (Å²) in [6, 6.07) is 3.25. The molecule has 1 N–H and O–H groups in total. The van der Waals surface area contributed by atoms with Crippen molar-refractivity contribution in [3.8, 4) is 0 Å². The molecule has 0 spiro atoms. The molecule has 1 aromatic heterocycles. The third-order valence-electron chi connectivity index (χ3n) is 1.85. The van der Waals surface area contributed by atoms with E-state index in [1.165, 1.54) is 6.20 Å². The molecule has 18 heavy (non-hydrogen) atoms. The molecule has 1 heterocycles. The van der Waals surface area contributed by atoms with E-state index < -0.39 is 17.6 Å². The summed E-state index contributed by atoms with van der Waals surface area (Å²) in [6.45, 7) is 5.62. The fourth-order valence-corrected chi connectivity index (χ4v) is 1.17. The van der Waals surface area contributed by atoms with Crippen LogP contribution in [0.5, 0.6) is 0 Å². The van der Waals surface area contributed by atoms with E-state index in [9.17, 15) is 9.18 Å². The number of hydrogen-bond donors (Lipinski definition) is 1. The predicted molar refractivity (Wildman–Crippen MR) is 67.5 cm³/mol. The Kier molecular flexibility index (Phi) is 4.83. The van der Waals surface area contributed by atoms with Crippen LogP contribution in [0.1, 0.15) is 26.3 Å². The first-order valence-electron chi connectivity index (χ1n) is 5.62. The fourth-order valence-electron chi connectivity index (χ4n) is 1.17. The number of aromatic nitrogens is 1. The maximum Gasteiger partial charge on any atom is 0.407 e. The van der Waals surface area contributed by atoms with E-state index >= 15 is 0 Å². The van der Waals surface area contributed by atoms with Gasteiger partial charge in [-0.2, -0.15) is 4.39 Å². The van der Waals surface area contributed by atoms with E-state index in [-0.39, 0.29) is 6.54 Å². The Morgan fingerprint density at radius 3 is 2.89 bits per heavy atom. The van der Waals surface area contributed by atoms with Crippen molar-refractivity contribution in [2.24, 2.45) is 0 Å². The minimum Gasteiger partial charge on any atom is -0.444 e. The van der Waals surface area contributed by atoms with Gasteiger partial charge in [0.25, 0.3) is 0 Å². The van der Waals surface area contributed by atoms with Gasteiger partial charge in [0, 0.05) is 18.3 Å². The van der Waals surface area contributed by atoms with Gasteiger partial charge in [-0.1, -0.05) is 12.2 Å². The molecule has 0 aliphatic heterocycles. The summed E-state index contributed by atoms with van der Waals surface area (Å²) in [4.78, 5) is 14.8. The summed E-state index contributed by atoms with van der Waals surface area (Å²) in [6.07, 6.45) is 4.06. The lowest BCUT2D eigenvalue weighted by molar-refractivity contribution is 0.0534. The second kappa shape index (κ2) is 6.14. The number of carbonyl (C=O) groups is 1. The number of hydrogen-bond acceptors (Lipinski definition) is 3. The van der Waals surface area contributed by atoms with Gasteiger partial charge in [-0.25, -0.2) is 9.78 Å². The van der Waals surface area contributed by atoms with E-state index in [1.807, 2.05) is 0 Å². The summed E-state index contributed by atoms with van der Waals surface area (Å²) >= 11 is 0. The van der Waals surface area contributed by atoms with Gasteiger partial charge in [-0.05, 0) is 32.9 Å². The molecule has 0 saturated carbocycles. The van der Waals surface area contributed by atoms with Crippen LogP contribution in [0.15, 0.2) is 24.4 Å². The van der Waals surface area contributed by atoms with Crippen LogP contribution in [-0.4, -0.2) is 23.2 Å². The summed E-state index contributed by atoms with van der Waals surface area (Å²) < 4.78 is 18.2. The summed E-state index contributed by atoms with van der Waals surface area (Å²) in [7, 11) is 0. The number of alkyl carbamates (subject to hydrolysis) is 1. The SMILES string of the molecule is CC(C)(C)OC(=O)NCC=Cc1cccnc1F. The van der Waals surface area contributed by atoms with Crippen molar-refractivity contribution in [2.75, 3.05) is 6.54 Å². The fraction of sp³-hybridized carbons (Fsp3) is 0.385. The molecule has 0 radical (unpaired) electrons. The van der Waals surface area contributed by atoms with E-state index in [2.05, 4.69) is 10.3 Å². The highest BCUT2D eigenvalue weighted by Crippen LogP contribution is 2.07. The largest absolute Gasteiger partial charge is 0.444 e. The number of halogens is 1. The molecule has 1 aromatic rings. The van der Waals surface area contributed by atoms with Crippen molar-refractivity contribution in [3.05, 3.63) is 35.9 Å². The van der Waals surface area contributed by atoms with E-state index in [4.69, 9.17) is 4.74 Å². The topological polar surface area (TPSA) is 51.2 Å². The molecule has 0 bridgehead atoms. The minimum atomic E-state index is -0.536. The zero-order valence-electron chi connectivity index (χ0n) is 10.7. The van der Waals surface area contributed by atoms with Crippen molar-refractivity contribution in [2.45, 2.75) is 26.4 Å². The molecule has 0 fully saturated rings. The summed E-state index contributed by atoms with van der Waals surface area (Å²) in [5.74, 6) is -0.536. The average molecular weight is 252 g/mol. The van der Waals surface area contributed by atoms with Crippen molar-refractivity contribution >= 4 is 12.2 Å². The zero-order chi connectivity index (χ0) is 13.6. The zero-order valence-corrected chi connectivity index (χ0v) is 10.7. The molecule has 1 rings (SSSR count). The standard InChI is InChI=1S/C13H17FN2O2/c1-13(2,3)18-12(17)16-9-5-7-10-6-4-8-15-11(10)14/h4-8H,9H2,1-3H3,(H,16,17). The smallest absolute Gasteiger partial charge is 0.407 e. The van der Waals surface area contributed by atoms with E-state index in [1.54, 1.807) is 45.1 Å². The third-order valence-corrected chi connectivity index (χ3v) is 1.85. The van der Waals surface area contributed by atoms with Crippen molar-refractivity contribution in [3.63, 3.8) is 0 Å². The molecule has 0 aliphatic carbocycles. The first-order valence-corrected chi connectivity index (χ1v) is 5.62. The number of ether oxygens (including phenoxy) is 1. The van der Waals surface area contributed by atoms with Gasteiger partial charge in [0.2, 0.25) is 5.95 Å². The Hall–Kier alpha value is -1.91. The average Bonchev–Trinajstić information content (AvgIpc) is 2.24. The normalized spacial score (nSPS) is 11.6. The lowest BCUT2D eigenvalue weighted by Crippen LogP contribution is -2.32. The Balaban J connectivity index is 2.38. The van der Waals surface area contributed by atoms with Crippen LogP contribution in [0.3, 0.4) is 0 Å². The van der Waals surface area contributed by atoms with Gasteiger partial charge in [0.1, 0.15) is 5.60 Å². The molecule has 98 valence electrons. The first kappa shape index (κ1) is 14.2. The molecular weight excluding hydrogens is 235 g/mol. The molecule has 0 aliphatic rings. The molecular formula is C13H17FN2O2. The van der Waals surface area contributed by atoms with Gasteiger partial charge >= 0.3 is 6.09 Å². The third kappa shape index (κ3) is 5.43. The van der Waals surface area contributed by atoms with Gasteiger partial charge < -0.3 is 10.1 Å². The van der Waals surface area contributed by atoms with Crippen molar-refractivity contribution < 1.29 is 13.9 Å². The lowest BCUT2D eigenvalue weighted by Gasteiger charge is -2.19. The number of amides is 1. The second-order valence-electron chi connectivity index (χ2n) is 4.67. The molecule has 4 nitrogen and oxygen atoms in total. The quantitative estimate of drug-likeness (QED) is 0.841. The maximum absolute atomic E-state index is 13.1. The molecule has 0 unspecified atom stereocenters. The Morgan fingerprint density at radius 2 is 2.28 bits per heavy atom. The van der Waals surface area contributed by atoms with E-state index in [0.717, 1.165) is 0 Å². The second-order valence-corrected chi connectivity index (χ2v) is 4.67. The van der Waals surface area contributed by atoms with Gasteiger partial charge in [0.15, 0.2) is 0 Å². The summed E-state index contributed by atoms with van der Waals surface area (Å²) in [5.41, 5.74) is -0.146. The maximum atomic E-state index is 13.1. The highest BCUT2D eigenvalue weighted by atomic mass is 19.1. The number of carbonyl (C=O) groups excluding carboxylic acids is 1. The van der Waals surface area contributed by atoms with Crippen LogP contribution in [-0.2, 0) is 4.74 Å². The van der Waals surface area contributed by atoms with Crippen LogP contribution in [0.25, 0.3) is 6.08 Å². The first-order chi connectivity index (χ1) is 8.38. The van der Waals surface area contributed by atoms with Gasteiger partial charge in [0.05, 0.1) is 0 Å². The van der Waals surface area contributed by atoms with Crippen molar-refractivity contribution in [1.82, 2.24) is 10.3 Å².